The van der Waals surface area contributed by atoms with Crippen molar-refractivity contribution in [1.82, 2.24) is 0 Å². The monoisotopic (exact) mass is 342 g/mol. The third-order valence-corrected chi connectivity index (χ3v) is 5.44. The molecule has 1 unspecified atom stereocenters. The van der Waals surface area contributed by atoms with Crippen LogP contribution in [0.1, 0.15) is 26.3 Å². The Labute approximate surface area is 142 Å². The molecular formula is C19H18O6. The lowest BCUT2D eigenvalue weighted by atomic mass is 9.79. The molecule has 1 atom stereocenters. The normalized spacial score (nSPS) is 18.6. The van der Waals surface area contributed by atoms with E-state index in [2.05, 4.69) is 6.58 Å². The quantitative estimate of drug-likeness (QED) is 0.402. The zero-order valence-corrected chi connectivity index (χ0v) is 14.0. The number of rotatable bonds is 0. The number of hydrogen-bond donors (Lipinski definition) is 5. The van der Waals surface area contributed by atoms with Crippen molar-refractivity contribution in [2.75, 3.05) is 0 Å². The van der Waals surface area contributed by atoms with Gasteiger partial charge in [0.25, 0.3) is 0 Å². The van der Waals surface area contributed by atoms with Crippen LogP contribution in [0.4, 0.5) is 0 Å². The average molecular weight is 342 g/mol. The molecule has 0 spiro atoms. The van der Waals surface area contributed by atoms with Gasteiger partial charge in [0.05, 0.1) is 10.8 Å². The fourth-order valence-corrected chi connectivity index (χ4v) is 3.77. The molecule has 0 saturated carbocycles. The van der Waals surface area contributed by atoms with Gasteiger partial charge in [-0.2, -0.15) is 0 Å². The van der Waals surface area contributed by atoms with E-state index in [1.54, 1.807) is 0 Å². The first-order chi connectivity index (χ1) is 11.6. The smallest absolute Gasteiger partial charge is 0.201 e. The maximum atomic E-state index is 10.9. The van der Waals surface area contributed by atoms with E-state index in [-0.39, 0.29) is 33.8 Å². The second-order valence-corrected chi connectivity index (χ2v) is 7.14. The van der Waals surface area contributed by atoms with Crippen molar-refractivity contribution in [3.05, 3.63) is 16.8 Å². The molecule has 0 aliphatic carbocycles. The third kappa shape index (κ3) is 1.59. The van der Waals surface area contributed by atoms with Gasteiger partial charge in [-0.1, -0.05) is 20.4 Å². The lowest BCUT2D eigenvalue weighted by molar-refractivity contribution is 0.186. The van der Waals surface area contributed by atoms with E-state index in [4.69, 9.17) is 4.74 Å². The summed E-state index contributed by atoms with van der Waals surface area (Å²) in [4.78, 5) is 0. The number of ether oxygens (including phenoxy) is 1. The van der Waals surface area contributed by atoms with Crippen LogP contribution >= 0.6 is 0 Å². The molecule has 6 heteroatoms. The van der Waals surface area contributed by atoms with Crippen LogP contribution in [0.2, 0.25) is 0 Å². The summed E-state index contributed by atoms with van der Waals surface area (Å²) in [6, 6.07) is 1.35. The molecule has 4 rings (SSSR count). The van der Waals surface area contributed by atoms with Gasteiger partial charge < -0.3 is 30.3 Å². The fourth-order valence-electron chi connectivity index (χ4n) is 3.77. The average Bonchev–Trinajstić information content (AvgIpc) is 2.74. The van der Waals surface area contributed by atoms with Crippen LogP contribution in [-0.4, -0.2) is 31.6 Å². The van der Waals surface area contributed by atoms with Crippen LogP contribution in [0.15, 0.2) is 6.07 Å². The Kier molecular flexibility index (Phi) is 2.69. The molecule has 25 heavy (non-hydrogen) atoms. The highest BCUT2D eigenvalue weighted by atomic mass is 16.5. The highest BCUT2D eigenvalue weighted by Gasteiger charge is 2.44. The first-order valence-corrected chi connectivity index (χ1v) is 7.85. The Hall–Kier alpha value is -3.02. The van der Waals surface area contributed by atoms with Crippen LogP contribution in [0.3, 0.4) is 0 Å². The second-order valence-electron chi connectivity index (χ2n) is 7.14. The molecule has 0 radical (unpaired) electrons. The van der Waals surface area contributed by atoms with Gasteiger partial charge in [0, 0.05) is 21.8 Å². The van der Waals surface area contributed by atoms with E-state index in [0.717, 1.165) is 0 Å². The molecule has 0 amide bonds. The maximum absolute atomic E-state index is 10.9. The van der Waals surface area contributed by atoms with E-state index < -0.39 is 22.7 Å². The lowest BCUT2D eigenvalue weighted by Gasteiger charge is -2.23. The summed E-state index contributed by atoms with van der Waals surface area (Å²) >= 11 is 0. The van der Waals surface area contributed by atoms with Crippen LogP contribution in [0.5, 0.6) is 34.5 Å². The number of fused-ring (bicyclic) bond motifs is 2. The zero-order valence-electron chi connectivity index (χ0n) is 14.0. The highest BCUT2D eigenvalue weighted by Crippen LogP contribution is 2.59. The van der Waals surface area contributed by atoms with Crippen LogP contribution in [-0.2, 0) is 5.41 Å². The summed E-state index contributed by atoms with van der Waals surface area (Å²) in [6.45, 7) is 9.60. The van der Waals surface area contributed by atoms with E-state index in [1.807, 2.05) is 20.8 Å². The molecule has 0 bridgehead atoms. The summed E-state index contributed by atoms with van der Waals surface area (Å²) in [6.07, 6.45) is -0.262. The van der Waals surface area contributed by atoms with Crippen LogP contribution < -0.4 is 9.96 Å². The molecule has 0 saturated heterocycles. The van der Waals surface area contributed by atoms with Gasteiger partial charge in [-0.3, -0.25) is 0 Å². The summed E-state index contributed by atoms with van der Waals surface area (Å²) in [5, 5.41) is 52.8. The van der Waals surface area contributed by atoms with Crippen molar-refractivity contribution >= 4 is 28.1 Å². The molecular weight excluding hydrogens is 324 g/mol. The number of phenols is 5. The number of hydrogen-bond acceptors (Lipinski definition) is 6. The first-order valence-electron chi connectivity index (χ1n) is 7.85. The van der Waals surface area contributed by atoms with E-state index >= 15 is 0 Å². The van der Waals surface area contributed by atoms with Gasteiger partial charge in [-0.15, -0.1) is 0 Å². The van der Waals surface area contributed by atoms with E-state index in [1.165, 1.54) is 6.07 Å². The molecule has 130 valence electrons. The third-order valence-electron chi connectivity index (χ3n) is 5.44. The number of benzene rings is 3. The van der Waals surface area contributed by atoms with Gasteiger partial charge in [0.15, 0.2) is 11.5 Å². The Morgan fingerprint density at radius 2 is 1.48 bits per heavy atom. The largest absolute Gasteiger partial charge is 0.507 e. The standard InChI is InChI=1S/C19H18O6/c1-6-5-8(20)10-11-9(6)18-13(19(3,4)7(2)25-18)14(21)12(11)16(23)17(24)15(10)22/h5,7,20-24H,1H2,2-4H3. The van der Waals surface area contributed by atoms with Crippen molar-refractivity contribution < 1.29 is 30.3 Å². The minimum Gasteiger partial charge on any atom is -0.507 e. The number of phenolic OH excluding ortho intramolecular Hbond substituents is 5. The summed E-state index contributed by atoms with van der Waals surface area (Å²) in [7, 11) is 0. The molecule has 1 aliphatic rings. The highest BCUT2D eigenvalue weighted by molar-refractivity contribution is 6.22. The van der Waals surface area contributed by atoms with Crippen molar-refractivity contribution in [2.24, 2.45) is 0 Å². The minimum atomic E-state index is -0.805. The molecule has 3 aromatic rings. The molecule has 5 N–H and O–H groups in total. The van der Waals surface area contributed by atoms with Gasteiger partial charge >= 0.3 is 0 Å². The fraction of sp³-hybridized carbons (Fsp3) is 0.263. The summed E-state index contributed by atoms with van der Waals surface area (Å²) in [5.74, 6) is -2.30. The number of aromatic hydroxyl groups is 5. The molecule has 3 aromatic carbocycles. The van der Waals surface area contributed by atoms with Gasteiger partial charge in [0.1, 0.15) is 23.4 Å². The summed E-state index contributed by atoms with van der Waals surface area (Å²) in [5.41, 5.74) is -0.0713. The minimum absolute atomic E-state index is 0.0503. The lowest BCUT2D eigenvalue weighted by Crippen LogP contribution is -2.28. The first kappa shape index (κ1) is 15.5. The van der Waals surface area contributed by atoms with Crippen LogP contribution in [0, 0.1) is 0 Å². The second kappa shape index (κ2) is 4.33. The SMILES string of the molecule is C=c1cc(O)c2c(O)c(O)c(O)c3c(O)c4c(c1c23)OC(C)C4(C)C. The molecule has 6 nitrogen and oxygen atoms in total. The Bertz CT molecular complexity index is 1130. The van der Waals surface area contributed by atoms with Crippen molar-refractivity contribution in [1.29, 1.82) is 0 Å². The maximum Gasteiger partial charge on any atom is 0.201 e. The van der Waals surface area contributed by atoms with E-state index in [0.29, 0.717) is 21.9 Å². The van der Waals surface area contributed by atoms with E-state index in [9.17, 15) is 25.5 Å². The topological polar surface area (TPSA) is 110 Å². The Morgan fingerprint density at radius 3 is 2.12 bits per heavy atom. The molecule has 0 aromatic heterocycles. The molecule has 1 aliphatic heterocycles. The van der Waals surface area contributed by atoms with Crippen molar-refractivity contribution in [3.8, 4) is 34.5 Å². The zero-order chi connectivity index (χ0) is 18.4. The van der Waals surface area contributed by atoms with Crippen molar-refractivity contribution in [2.45, 2.75) is 32.3 Å². The molecule has 0 fully saturated rings. The van der Waals surface area contributed by atoms with Gasteiger partial charge in [0.2, 0.25) is 5.75 Å². The predicted molar refractivity (Wildman–Crippen MR) is 93.6 cm³/mol. The van der Waals surface area contributed by atoms with Crippen molar-refractivity contribution in [3.63, 3.8) is 0 Å². The van der Waals surface area contributed by atoms with Crippen LogP contribution in [0.25, 0.3) is 28.1 Å². The predicted octanol–water partition coefficient (Wildman–Crippen LogP) is 2.71. The Balaban J connectivity index is 2.44. The Morgan fingerprint density at radius 1 is 0.880 bits per heavy atom. The molecule has 1 heterocycles. The van der Waals surface area contributed by atoms with Gasteiger partial charge in [-0.25, -0.2) is 0 Å². The van der Waals surface area contributed by atoms with Gasteiger partial charge in [-0.05, 0) is 18.2 Å². The summed E-state index contributed by atoms with van der Waals surface area (Å²) < 4.78 is 5.98.